The second-order valence-corrected chi connectivity index (χ2v) is 12.3. The molecule has 1 aliphatic rings. The van der Waals surface area contributed by atoms with E-state index in [1.165, 1.54) is 22.5 Å². The summed E-state index contributed by atoms with van der Waals surface area (Å²) in [4.78, 5) is 12.7. The average Bonchev–Trinajstić information content (AvgIpc) is 3.13. The van der Waals surface area contributed by atoms with Gasteiger partial charge < -0.3 is 4.90 Å². The monoisotopic (exact) mass is 591 g/mol. The molecule has 2 heterocycles. The van der Waals surface area contributed by atoms with E-state index < -0.39 is 0 Å². The van der Waals surface area contributed by atoms with Gasteiger partial charge >= 0.3 is 0 Å². The Morgan fingerprint density at radius 1 is 0.435 bits per heavy atom. The van der Waals surface area contributed by atoms with Crippen LogP contribution in [0, 0.1) is 0 Å². The lowest BCUT2D eigenvalue weighted by atomic mass is 9.72. The summed E-state index contributed by atoms with van der Waals surface area (Å²) in [5, 5.41) is 0. The summed E-state index contributed by atoms with van der Waals surface area (Å²) in [5.74, 6) is 0.712. The molecule has 1 aliphatic heterocycles. The van der Waals surface area contributed by atoms with E-state index in [1.807, 2.05) is 12.1 Å². The van der Waals surface area contributed by atoms with Crippen LogP contribution >= 0.6 is 0 Å². The maximum absolute atomic E-state index is 5.16. The number of benzene rings is 6. The highest BCUT2D eigenvalue weighted by Crippen LogP contribution is 2.52. The molecule has 3 nitrogen and oxygen atoms in total. The van der Waals surface area contributed by atoms with Gasteiger partial charge in [-0.3, -0.25) is 0 Å². The van der Waals surface area contributed by atoms with Gasteiger partial charge in [-0.1, -0.05) is 141 Å². The Hall–Kier alpha value is -5.80. The van der Waals surface area contributed by atoms with Crippen LogP contribution < -0.4 is 4.90 Å². The van der Waals surface area contributed by atoms with E-state index in [0.717, 1.165) is 44.9 Å². The van der Waals surface area contributed by atoms with E-state index in [1.54, 1.807) is 0 Å². The number of hydrogen-bond donors (Lipinski definition) is 0. The number of anilines is 3. The molecule has 3 heteroatoms. The first-order valence-electron chi connectivity index (χ1n) is 15.8. The summed E-state index contributed by atoms with van der Waals surface area (Å²) in [6.07, 6.45) is 0. The third-order valence-electron chi connectivity index (χ3n) is 9.09. The molecular formula is C43H33N3. The predicted octanol–water partition coefficient (Wildman–Crippen LogP) is 11.3. The molecule has 0 aliphatic carbocycles. The van der Waals surface area contributed by atoms with Gasteiger partial charge in [0.15, 0.2) is 5.82 Å². The van der Waals surface area contributed by atoms with E-state index in [2.05, 4.69) is 170 Å². The average molecular weight is 592 g/mol. The molecule has 0 bridgehead atoms. The first kappa shape index (κ1) is 27.7. The van der Waals surface area contributed by atoms with Gasteiger partial charge in [-0.05, 0) is 58.7 Å². The molecule has 1 aromatic heterocycles. The summed E-state index contributed by atoms with van der Waals surface area (Å²) in [6, 6.07) is 57.7. The molecular weight excluding hydrogens is 558 g/mol. The maximum atomic E-state index is 5.16. The van der Waals surface area contributed by atoms with Crippen molar-refractivity contribution in [3.63, 3.8) is 0 Å². The fourth-order valence-corrected chi connectivity index (χ4v) is 6.74. The molecule has 0 spiro atoms. The third-order valence-corrected chi connectivity index (χ3v) is 9.09. The van der Waals surface area contributed by atoms with E-state index >= 15 is 0 Å². The largest absolute Gasteiger partial charge is 0.310 e. The Morgan fingerprint density at radius 3 is 1.61 bits per heavy atom. The minimum Gasteiger partial charge on any atom is -0.310 e. The molecule has 0 amide bonds. The highest BCUT2D eigenvalue weighted by atomic mass is 15.2. The number of para-hydroxylation sites is 2. The lowest BCUT2D eigenvalue weighted by molar-refractivity contribution is 0.632. The van der Waals surface area contributed by atoms with E-state index in [0.29, 0.717) is 5.82 Å². The zero-order valence-corrected chi connectivity index (χ0v) is 25.9. The van der Waals surface area contributed by atoms with Crippen molar-refractivity contribution in [1.29, 1.82) is 0 Å². The Kier molecular flexibility index (Phi) is 6.80. The van der Waals surface area contributed by atoms with Crippen LogP contribution in [0.5, 0.6) is 0 Å². The van der Waals surface area contributed by atoms with Crippen LogP contribution in [0.2, 0.25) is 0 Å². The summed E-state index contributed by atoms with van der Waals surface area (Å²) >= 11 is 0. The van der Waals surface area contributed by atoms with Crippen LogP contribution in [-0.4, -0.2) is 9.97 Å². The zero-order valence-electron chi connectivity index (χ0n) is 25.9. The van der Waals surface area contributed by atoms with Crippen molar-refractivity contribution in [3.05, 3.63) is 175 Å². The number of hydrogen-bond acceptors (Lipinski definition) is 3. The van der Waals surface area contributed by atoms with Crippen LogP contribution in [0.4, 0.5) is 17.1 Å². The Morgan fingerprint density at radius 2 is 0.957 bits per heavy atom. The van der Waals surface area contributed by atoms with E-state index in [9.17, 15) is 0 Å². The maximum Gasteiger partial charge on any atom is 0.161 e. The lowest BCUT2D eigenvalue weighted by Gasteiger charge is -2.42. The normalized spacial score (nSPS) is 13.1. The number of nitrogens with zero attached hydrogens (tertiary/aromatic N) is 3. The molecule has 220 valence electrons. The van der Waals surface area contributed by atoms with Crippen LogP contribution in [0.3, 0.4) is 0 Å². The van der Waals surface area contributed by atoms with Gasteiger partial charge in [0.2, 0.25) is 0 Å². The van der Waals surface area contributed by atoms with Crippen LogP contribution in [-0.2, 0) is 5.41 Å². The van der Waals surface area contributed by atoms with Crippen molar-refractivity contribution < 1.29 is 0 Å². The highest BCUT2D eigenvalue weighted by Gasteiger charge is 2.37. The molecule has 46 heavy (non-hydrogen) atoms. The summed E-state index contributed by atoms with van der Waals surface area (Å²) < 4.78 is 0. The minimum atomic E-state index is -0.202. The van der Waals surface area contributed by atoms with Gasteiger partial charge in [0.1, 0.15) is 0 Å². The summed E-state index contributed by atoms with van der Waals surface area (Å²) in [6.45, 7) is 4.67. The van der Waals surface area contributed by atoms with Crippen molar-refractivity contribution >= 4 is 17.1 Å². The first-order chi connectivity index (χ1) is 22.6. The lowest BCUT2D eigenvalue weighted by Crippen LogP contribution is -2.30. The number of fused-ring (bicyclic) bond motifs is 2. The van der Waals surface area contributed by atoms with Crippen molar-refractivity contribution in [2.24, 2.45) is 0 Å². The Labute approximate surface area is 270 Å². The smallest absolute Gasteiger partial charge is 0.161 e. The second-order valence-electron chi connectivity index (χ2n) is 12.3. The minimum absolute atomic E-state index is 0.202. The van der Waals surface area contributed by atoms with Gasteiger partial charge in [-0.15, -0.1) is 0 Å². The van der Waals surface area contributed by atoms with Gasteiger partial charge in [-0.25, -0.2) is 9.97 Å². The van der Waals surface area contributed by atoms with Crippen LogP contribution in [0.25, 0.3) is 45.0 Å². The molecule has 0 radical (unpaired) electrons. The predicted molar refractivity (Wildman–Crippen MR) is 191 cm³/mol. The SMILES string of the molecule is CC1(C)c2ccccc2N(c2ccccc2)c2ccc(-c3ccccc3-c3nc(-c4ccccc4)cc(-c4ccccc4)n3)cc21. The Balaban J connectivity index is 1.31. The summed E-state index contributed by atoms with van der Waals surface area (Å²) in [7, 11) is 0. The van der Waals surface area contributed by atoms with Gasteiger partial charge in [0, 0.05) is 27.8 Å². The van der Waals surface area contributed by atoms with Crippen LogP contribution in [0.15, 0.2) is 164 Å². The number of aromatic nitrogens is 2. The molecule has 7 aromatic rings. The standard InChI is InChI=1S/C43H33N3/c1-43(2)36-24-14-15-25-40(36)46(33-20-10-5-11-21-33)41-27-26-32(28-37(41)43)34-22-12-13-23-35(34)42-44-38(30-16-6-3-7-17-30)29-39(45-42)31-18-8-4-9-19-31/h3-29H,1-2H3. The first-order valence-corrected chi connectivity index (χ1v) is 15.8. The molecule has 0 fully saturated rings. The second kappa shape index (κ2) is 11.3. The number of rotatable bonds is 5. The Bertz CT molecular complexity index is 2110. The molecule has 6 aromatic carbocycles. The molecule has 8 rings (SSSR count). The zero-order chi connectivity index (χ0) is 31.1. The molecule has 0 saturated carbocycles. The van der Waals surface area contributed by atoms with Gasteiger partial charge in [0.25, 0.3) is 0 Å². The fourth-order valence-electron chi connectivity index (χ4n) is 6.74. The molecule has 0 unspecified atom stereocenters. The van der Waals surface area contributed by atoms with Crippen molar-refractivity contribution in [2.45, 2.75) is 19.3 Å². The van der Waals surface area contributed by atoms with Gasteiger partial charge in [-0.2, -0.15) is 0 Å². The quantitative estimate of drug-likeness (QED) is 0.199. The highest BCUT2D eigenvalue weighted by molar-refractivity contribution is 5.89. The van der Waals surface area contributed by atoms with E-state index in [4.69, 9.17) is 9.97 Å². The molecule has 0 N–H and O–H groups in total. The van der Waals surface area contributed by atoms with E-state index in [-0.39, 0.29) is 5.41 Å². The molecule has 0 atom stereocenters. The van der Waals surface area contributed by atoms with Crippen molar-refractivity contribution in [2.75, 3.05) is 4.90 Å². The molecule has 0 saturated heterocycles. The van der Waals surface area contributed by atoms with Crippen molar-refractivity contribution in [3.8, 4) is 45.0 Å². The topological polar surface area (TPSA) is 29.0 Å². The van der Waals surface area contributed by atoms with Gasteiger partial charge in [0.05, 0.1) is 22.8 Å². The third kappa shape index (κ3) is 4.78. The summed E-state index contributed by atoms with van der Waals surface area (Å²) in [5.41, 5.74) is 13.2. The van der Waals surface area contributed by atoms with Crippen LogP contribution in [0.1, 0.15) is 25.0 Å². The van der Waals surface area contributed by atoms with Crippen molar-refractivity contribution in [1.82, 2.24) is 9.97 Å². The fraction of sp³-hybridized carbons (Fsp3) is 0.0698.